The van der Waals surface area contributed by atoms with E-state index in [1.807, 2.05) is 6.07 Å². The number of rotatable bonds is 4. The fourth-order valence-electron chi connectivity index (χ4n) is 2.78. The average Bonchev–Trinajstić information content (AvgIpc) is 2.51. The molecular weight excluding hydrogens is 256 g/mol. The van der Waals surface area contributed by atoms with Crippen LogP contribution in [0.1, 0.15) is 11.1 Å². The molecule has 0 spiro atoms. The van der Waals surface area contributed by atoms with E-state index in [0.29, 0.717) is 19.8 Å². The van der Waals surface area contributed by atoms with E-state index in [2.05, 4.69) is 16.3 Å². The number of piperazine rings is 1. The maximum Gasteiger partial charge on any atom is 0.167 e. The Morgan fingerprint density at radius 3 is 2.80 bits per heavy atom. The van der Waals surface area contributed by atoms with Crippen LogP contribution in [0.4, 0.5) is 0 Å². The summed E-state index contributed by atoms with van der Waals surface area (Å²) in [4.78, 5) is 2.46. The lowest BCUT2D eigenvalue weighted by Gasteiger charge is -2.29. The molecule has 0 aromatic heterocycles. The standard InChI is InChI=1S/C15H22N2O3/c1-18-11-13-12(10-17-6-4-16-5-7-17)2-3-14-15(13)20-9-8-19-14/h2-3,16H,4-11H2,1H3. The Kier molecular flexibility index (Phi) is 4.40. The van der Waals surface area contributed by atoms with Crippen LogP contribution in [-0.2, 0) is 17.9 Å². The summed E-state index contributed by atoms with van der Waals surface area (Å²) in [6.07, 6.45) is 0. The van der Waals surface area contributed by atoms with Crippen molar-refractivity contribution in [2.24, 2.45) is 0 Å². The van der Waals surface area contributed by atoms with Crippen molar-refractivity contribution in [2.75, 3.05) is 46.5 Å². The summed E-state index contributed by atoms with van der Waals surface area (Å²) in [5.74, 6) is 1.71. The van der Waals surface area contributed by atoms with Crippen molar-refractivity contribution < 1.29 is 14.2 Å². The first kappa shape index (κ1) is 13.7. The lowest BCUT2D eigenvalue weighted by Crippen LogP contribution is -2.43. The Balaban J connectivity index is 1.84. The van der Waals surface area contributed by atoms with Gasteiger partial charge in [-0.25, -0.2) is 0 Å². The molecule has 1 aromatic carbocycles. The van der Waals surface area contributed by atoms with Crippen molar-refractivity contribution in [3.8, 4) is 11.5 Å². The van der Waals surface area contributed by atoms with Gasteiger partial charge in [0.1, 0.15) is 13.2 Å². The molecule has 0 radical (unpaired) electrons. The molecule has 0 amide bonds. The molecule has 0 saturated carbocycles. The van der Waals surface area contributed by atoms with Gasteiger partial charge in [-0.1, -0.05) is 6.07 Å². The highest BCUT2D eigenvalue weighted by atomic mass is 16.6. The highest BCUT2D eigenvalue weighted by Crippen LogP contribution is 2.36. The van der Waals surface area contributed by atoms with E-state index in [-0.39, 0.29) is 0 Å². The number of fused-ring (bicyclic) bond motifs is 1. The van der Waals surface area contributed by atoms with E-state index in [9.17, 15) is 0 Å². The predicted molar refractivity (Wildman–Crippen MR) is 76.3 cm³/mol. The molecular formula is C15H22N2O3. The highest BCUT2D eigenvalue weighted by Gasteiger charge is 2.21. The van der Waals surface area contributed by atoms with Gasteiger partial charge in [0.2, 0.25) is 0 Å². The maximum absolute atomic E-state index is 5.80. The zero-order valence-electron chi connectivity index (χ0n) is 12.0. The second-order valence-electron chi connectivity index (χ2n) is 5.19. The number of nitrogens with zero attached hydrogens (tertiary/aromatic N) is 1. The van der Waals surface area contributed by atoms with Crippen LogP contribution >= 0.6 is 0 Å². The smallest absolute Gasteiger partial charge is 0.167 e. The molecule has 2 heterocycles. The monoisotopic (exact) mass is 278 g/mol. The molecule has 3 rings (SSSR count). The molecule has 1 aromatic rings. The molecule has 2 aliphatic rings. The Morgan fingerprint density at radius 2 is 2.00 bits per heavy atom. The molecule has 1 fully saturated rings. The first-order valence-electron chi connectivity index (χ1n) is 7.21. The normalized spacial score (nSPS) is 19.1. The number of hydrogen-bond donors (Lipinski definition) is 1. The molecule has 0 atom stereocenters. The summed E-state index contributed by atoms with van der Waals surface area (Å²) < 4.78 is 16.8. The number of benzene rings is 1. The van der Waals surface area contributed by atoms with Crippen LogP contribution in [0.25, 0.3) is 0 Å². The highest BCUT2D eigenvalue weighted by molar-refractivity contribution is 5.51. The van der Waals surface area contributed by atoms with Crippen LogP contribution < -0.4 is 14.8 Å². The molecule has 0 unspecified atom stereocenters. The van der Waals surface area contributed by atoms with Crippen molar-refractivity contribution in [1.82, 2.24) is 10.2 Å². The lowest BCUT2D eigenvalue weighted by molar-refractivity contribution is 0.150. The third-order valence-corrected chi connectivity index (χ3v) is 3.80. The van der Waals surface area contributed by atoms with Gasteiger partial charge in [0.15, 0.2) is 11.5 Å². The molecule has 1 saturated heterocycles. The average molecular weight is 278 g/mol. The first-order chi connectivity index (χ1) is 9.88. The van der Waals surface area contributed by atoms with Crippen molar-refractivity contribution in [1.29, 1.82) is 0 Å². The van der Waals surface area contributed by atoms with Gasteiger partial charge >= 0.3 is 0 Å². The quantitative estimate of drug-likeness (QED) is 0.890. The number of hydrogen-bond acceptors (Lipinski definition) is 5. The third-order valence-electron chi connectivity index (χ3n) is 3.80. The molecule has 2 aliphatic heterocycles. The van der Waals surface area contributed by atoms with Crippen LogP contribution in [0, 0.1) is 0 Å². The lowest BCUT2D eigenvalue weighted by atomic mass is 10.0. The van der Waals surface area contributed by atoms with Gasteiger partial charge in [0.05, 0.1) is 6.61 Å². The fourth-order valence-corrected chi connectivity index (χ4v) is 2.78. The first-order valence-corrected chi connectivity index (χ1v) is 7.21. The molecule has 110 valence electrons. The minimum atomic E-state index is 0.563. The van der Waals surface area contributed by atoms with Gasteiger partial charge in [-0.3, -0.25) is 4.90 Å². The zero-order chi connectivity index (χ0) is 13.8. The van der Waals surface area contributed by atoms with E-state index in [4.69, 9.17) is 14.2 Å². The molecule has 20 heavy (non-hydrogen) atoms. The fraction of sp³-hybridized carbons (Fsp3) is 0.600. The predicted octanol–water partition coefficient (Wildman–Crippen LogP) is 1.01. The van der Waals surface area contributed by atoms with E-state index >= 15 is 0 Å². The minimum Gasteiger partial charge on any atom is -0.486 e. The van der Waals surface area contributed by atoms with E-state index in [0.717, 1.165) is 49.8 Å². The van der Waals surface area contributed by atoms with Crippen molar-refractivity contribution in [3.63, 3.8) is 0 Å². The molecule has 5 heteroatoms. The van der Waals surface area contributed by atoms with E-state index < -0.39 is 0 Å². The van der Waals surface area contributed by atoms with Gasteiger partial charge in [-0.05, 0) is 11.6 Å². The zero-order valence-corrected chi connectivity index (χ0v) is 12.0. The van der Waals surface area contributed by atoms with Crippen molar-refractivity contribution >= 4 is 0 Å². The maximum atomic E-state index is 5.80. The minimum absolute atomic E-state index is 0.563. The van der Waals surface area contributed by atoms with Crippen LogP contribution in [0.3, 0.4) is 0 Å². The van der Waals surface area contributed by atoms with E-state index in [1.165, 1.54) is 5.56 Å². The summed E-state index contributed by atoms with van der Waals surface area (Å²) in [6.45, 7) is 7.03. The Bertz CT molecular complexity index is 459. The summed E-state index contributed by atoms with van der Waals surface area (Å²) >= 11 is 0. The van der Waals surface area contributed by atoms with Gasteiger partial charge in [0.25, 0.3) is 0 Å². The summed E-state index contributed by atoms with van der Waals surface area (Å²) in [5, 5.41) is 3.38. The van der Waals surface area contributed by atoms with E-state index in [1.54, 1.807) is 7.11 Å². The van der Waals surface area contributed by atoms with Crippen LogP contribution in [0.2, 0.25) is 0 Å². The van der Waals surface area contributed by atoms with Gasteiger partial charge in [-0.15, -0.1) is 0 Å². The van der Waals surface area contributed by atoms with Crippen molar-refractivity contribution in [2.45, 2.75) is 13.2 Å². The second-order valence-corrected chi connectivity index (χ2v) is 5.19. The third kappa shape index (κ3) is 2.90. The molecule has 1 N–H and O–H groups in total. The number of ether oxygens (including phenoxy) is 3. The summed E-state index contributed by atoms with van der Waals surface area (Å²) in [7, 11) is 1.72. The van der Waals surface area contributed by atoms with Gasteiger partial charge in [0, 0.05) is 45.4 Å². The molecule has 0 aliphatic carbocycles. The SMILES string of the molecule is COCc1c(CN2CCNCC2)ccc2c1OCCO2. The molecule has 5 nitrogen and oxygen atoms in total. The van der Waals surface area contributed by atoms with Gasteiger partial charge in [-0.2, -0.15) is 0 Å². The largest absolute Gasteiger partial charge is 0.486 e. The summed E-state index contributed by atoms with van der Waals surface area (Å²) in [6, 6.07) is 4.16. The number of nitrogens with one attached hydrogen (secondary N) is 1. The molecule has 0 bridgehead atoms. The van der Waals surface area contributed by atoms with Crippen molar-refractivity contribution in [3.05, 3.63) is 23.3 Å². The number of methoxy groups -OCH3 is 1. The van der Waals surface area contributed by atoms with Crippen LogP contribution in [-0.4, -0.2) is 51.4 Å². The Hall–Kier alpha value is -1.30. The Labute approximate surface area is 119 Å². The summed E-state index contributed by atoms with van der Waals surface area (Å²) in [5.41, 5.74) is 2.40. The van der Waals surface area contributed by atoms with Crippen LogP contribution in [0.5, 0.6) is 11.5 Å². The van der Waals surface area contributed by atoms with Crippen LogP contribution in [0.15, 0.2) is 12.1 Å². The topological polar surface area (TPSA) is 43.0 Å². The second kappa shape index (κ2) is 6.43. The van der Waals surface area contributed by atoms with Gasteiger partial charge < -0.3 is 19.5 Å². The Morgan fingerprint density at radius 1 is 1.20 bits per heavy atom.